The second-order valence-electron chi connectivity index (χ2n) is 9.48. The predicted octanol–water partition coefficient (Wildman–Crippen LogP) is 7.22. The van der Waals surface area contributed by atoms with Gasteiger partial charge in [0.1, 0.15) is 0 Å². The minimum atomic E-state index is -3.27. The van der Waals surface area contributed by atoms with Crippen LogP contribution < -0.4 is 0 Å². The highest BCUT2D eigenvalue weighted by Crippen LogP contribution is 2.39. The first-order chi connectivity index (χ1) is 16.0. The van der Waals surface area contributed by atoms with Crippen molar-refractivity contribution < 1.29 is 13.2 Å². The molecule has 0 aromatic heterocycles. The van der Waals surface area contributed by atoms with Gasteiger partial charge < -0.3 is 4.90 Å². The summed E-state index contributed by atoms with van der Waals surface area (Å²) in [7, 11) is -3.27. The van der Waals surface area contributed by atoms with E-state index in [0.717, 1.165) is 29.8 Å². The number of nitrogens with zero attached hydrogens (tertiary/aromatic N) is 1. The lowest BCUT2D eigenvalue weighted by atomic mass is 9.84. The van der Waals surface area contributed by atoms with Crippen LogP contribution >= 0.6 is 23.2 Å². The number of amides is 1. The molecule has 1 unspecified atom stereocenters. The monoisotopic (exact) mass is 525 g/mol. The Balaban J connectivity index is 0.000000497. The van der Waals surface area contributed by atoms with Crippen molar-refractivity contribution in [2.75, 3.05) is 5.75 Å². The molecule has 2 aromatic rings. The Morgan fingerprint density at radius 1 is 0.912 bits per heavy atom. The summed E-state index contributed by atoms with van der Waals surface area (Å²) in [5.41, 5.74) is 1.02. The quantitative estimate of drug-likeness (QED) is 0.383. The van der Waals surface area contributed by atoms with Crippen LogP contribution in [-0.4, -0.2) is 36.3 Å². The van der Waals surface area contributed by atoms with Gasteiger partial charge >= 0.3 is 0 Å². The fraction of sp³-hybridized carbons (Fsp3) is 0.519. The number of piperidine rings is 1. The summed E-state index contributed by atoms with van der Waals surface area (Å²) < 4.78 is 25.4. The van der Waals surface area contributed by atoms with Crippen LogP contribution in [0, 0.1) is 11.8 Å². The Morgan fingerprint density at radius 2 is 1.47 bits per heavy atom. The molecule has 0 N–H and O–H groups in total. The highest BCUT2D eigenvalue weighted by atomic mass is 35.5. The predicted molar refractivity (Wildman–Crippen MR) is 143 cm³/mol. The van der Waals surface area contributed by atoms with E-state index >= 15 is 0 Å². The number of benzene rings is 2. The second-order valence-corrected chi connectivity index (χ2v) is 13.0. The molecule has 1 fully saturated rings. The third-order valence-corrected chi connectivity index (χ3v) is 9.20. The van der Waals surface area contributed by atoms with Gasteiger partial charge in [0, 0.05) is 22.0 Å². The van der Waals surface area contributed by atoms with Crippen molar-refractivity contribution in [3.05, 3.63) is 70.2 Å². The van der Waals surface area contributed by atoms with Gasteiger partial charge in [-0.05, 0) is 68.9 Å². The van der Waals surface area contributed by atoms with E-state index in [4.69, 9.17) is 23.2 Å². The number of halogens is 2. The molecule has 1 aliphatic rings. The van der Waals surface area contributed by atoms with Crippen molar-refractivity contribution in [3.8, 4) is 0 Å². The van der Waals surface area contributed by atoms with Crippen LogP contribution in [0.25, 0.3) is 0 Å². The highest BCUT2D eigenvalue weighted by molar-refractivity contribution is 7.92. The normalized spacial score (nSPS) is 19.7. The van der Waals surface area contributed by atoms with Gasteiger partial charge in [-0.15, -0.1) is 0 Å². The van der Waals surface area contributed by atoms with Crippen LogP contribution in [0.3, 0.4) is 0 Å². The first-order valence-corrected chi connectivity index (χ1v) is 14.4. The van der Waals surface area contributed by atoms with E-state index < -0.39 is 15.1 Å². The van der Waals surface area contributed by atoms with Crippen molar-refractivity contribution in [2.45, 2.75) is 71.2 Å². The zero-order chi connectivity index (χ0) is 25.5. The summed E-state index contributed by atoms with van der Waals surface area (Å²) in [4.78, 5) is 15.2. The molecule has 3 atom stereocenters. The number of likely N-dealkylation sites (tertiary alicyclic amines) is 1. The Hall–Kier alpha value is -1.56. The van der Waals surface area contributed by atoms with Crippen molar-refractivity contribution in [3.63, 3.8) is 0 Å². The van der Waals surface area contributed by atoms with Crippen LogP contribution in [0.5, 0.6) is 0 Å². The number of rotatable bonds is 7. The zero-order valence-corrected chi connectivity index (χ0v) is 23.1. The van der Waals surface area contributed by atoms with Gasteiger partial charge in [0.15, 0.2) is 9.84 Å². The zero-order valence-electron chi connectivity index (χ0n) is 20.7. The van der Waals surface area contributed by atoms with Gasteiger partial charge in [-0.25, -0.2) is 8.42 Å². The van der Waals surface area contributed by atoms with Crippen LogP contribution in [0.1, 0.15) is 65.5 Å². The first-order valence-electron chi connectivity index (χ1n) is 12.0. The highest BCUT2D eigenvalue weighted by Gasteiger charge is 2.42. The molecule has 0 radical (unpaired) electrons. The van der Waals surface area contributed by atoms with Gasteiger partial charge in [-0.3, -0.25) is 4.79 Å². The standard InChI is InChI=1S/C21H32ClNO3S.C6H5Cl/c1-6-16-9-12-19(17-7-10-18(22)11-8-17)23(21(16)24)20(14(2)3)13-27(25,26)15(4)5;7-6-4-2-1-3-5-6/h7-8,10-11,14-16,19-20H,6,9,12-13H2,1-5H3;1-5H/t16-,19-,20?;/m0./s1. The SMILES string of the molecule is CC[C@H]1CC[C@@H](c2ccc(Cl)cc2)N(C(CS(=O)(=O)C(C)C)C(C)C)C1=O.Clc1ccccc1. The van der Waals surface area contributed by atoms with E-state index in [0.29, 0.717) is 5.02 Å². The maximum absolute atomic E-state index is 13.3. The number of carbonyl (C=O) groups is 1. The largest absolute Gasteiger partial charge is 0.331 e. The van der Waals surface area contributed by atoms with Crippen LogP contribution in [0.15, 0.2) is 54.6 Å². The summed E-state index contributed by atoms with van der Waals surface area (Å²) in [5, 5.41) is 0.999. The maximum Gasteiger partial charge on any atom is 0.226 e. The van der Waals surface area contributed by atoms with E-state index in [1.165, 1.54) is 0 Å². The molecule has 1 saturated heterocycles. The lowest BCUT2D eigenvalue weighted by Crippen LogP contribution is -2.53. The van der Waals surface area contributed by atoms with Gasteiger partial charge in [0.05, 0.1) is 17.0 Å². The molecule has 2 aromatic carbocycles. The Bertz CT molecular complexity index is 1010. The van der Waals surface area contributed by atoms with Crippen molar-refractivity contribution in [1.29, 1.82) is 0 Å². The fourth-order valence-corrected chi connectivity index (χ4v) is 5.89. The van der Waals surface area contributed by atoms with E-state index in [9.17, 15) is 13.2 Å². The molecule has 0 spiro atoms. The molecule has 0 saturated carbocycles. The van der Waals surface area contributed by atoms with Gasteiger partial charge in [-0.2, -0.15) is 0 Å². The third-order valence-electron chi connectivity index (χ3n) is 6.46. The molecule has 3 rings (SSSR count). The lowest BCUT2D eigenvalue weighted by Gasteiger charge is -2.45. The van der Waals surface area contributed by atoms with Crippen molar-refractivity contribution in [1.82, 2.24) is 4.90 Å². The van der Waals surface area contributed by atoms with Crippen LogP contribution in [-0.2, 0) is 14.6 Å². The Labute approximate surface area is 215 Å². The third kappa shape index (κ3) is 7.73. The second kappa shape index (κ2) is 12.9. The molecule has 7 heteroatoms. The molecular weight excluding hydrogens is 489 g/mol. The average molecular weight is 527 g/mol. The molecule has 1 aliphatic heterocycles. The summed E-state index contributed by atoms with van der Waals surface area (Å²) in [6, 6.07) is 16.6. The van der Waals surface area contributed by atoms with Crippen molar-refractivity contribution >= 4 is 38.9 Å². The minimum absolute atomic E-state index is 0.00853. The average Bonchev–Trinajstić information content (AvgIpc) is 2.79. The van der Waals surface area contributed by atoms with E-state index in [2.05, 4.69) is 0 Å². The van der Waals surface area contributed by atoms with E-state index in [1.807, 2.05) is 80.3 Å². The number of carbonyl (C=O) groups excluding carboxylic acids is 1. The number of hydrogen-bond donors (Lipinski definition) is 0. The molecule has 188 valence electrons. The summed E-state index contributed by atoms with van der Waals surface area (Å²) in [6.07, 6.45) is 2.46. The molecule has 1 heterocycles. The van der Waals surface area contributed by atoms with E-state index in [1.54, 1.807) is 13.8 Å². The Kier molecular flexibility index (Phi) is 10.9. The van der Waals surface area contributed by atoms with Crippen LogP contribution in [0.2, 0.25) is 10.0 Å². The molecule has 0 bridgehead atoms. The summed E-state index contributed by atoms with van der Waals surface area (Å²) >= 11 is 11.6. The molecule has 4 nitrogen and oxygen atoms in total. The smallest absolute Gasteiger partial charge is 0.226 e. The fourth-order valence-electron chi connectivity index (χ4n) is 4.21. The van der Waals surface area contributed by atoms with Gasteiger partial charge in [0.25, 0.3) is 0 Å². The Morgan fingerprint density at radius 3 is 1.91 bits per heavy atom. The molecular formula is C27H37Cl2NO3S. The van der Waals surface area contributed by atoms with Crippen LogP contribution in [0.4, 0.5) is 0 Å². The summed E-state index contributed by atoms with van der Waals surface area (Å²) in [6.45, 7) is 9.44. The van der Waals surface area contributed by atoms with Gasteiger partial charge in [0.2, 0.25) is 5.91 Å². The van der Waals surface area contributed by atoms with Gasteiger partial charge in [-0.1, -0.05) is 74.3 Å². The topological polar surface area (TPSA) is 54.5 Å². The van der Waals surface area contributed by atoms with Crippen molar-refractivity contribution in [2.24, 2.45) is 11.8 Å². The minimum Gasteiger partial charge on any atom is -0.331 e. The molecule has 0 aliphatic carbocycles. The number of hydrogen-bond acceptors (Lipinski definition) is 3. The molecule has 1 amide bonds. The number of sulfone groups is 1. The summed E-state index contributed by atoms with van der Waals surface area (Å²) in [5.74, 6) is 0.111. The van der Waals surface area contributed by atoms with E-state index in [-0.39, 0.29) is 35.6 Å². The maximum atomic E-state index is 13.3. The lowest BCUT2D eigenvalue weighted by molar-refractivity contribution is -0.146. The first kappa shape index (κ1) is 28.7. The molecule has 34 heavy (non-hydrogen) atoms.